The minimum atomic E-state index is -0.808. The van der Waals surface area contributed by atoms with Crippen LogP contribution < -0.4 is 10.1 Å². The fourth-order valence-corrected chi connectivity index (χ4v) is 2.87. The number of carbonyl (C=O) groups is 2. The maximum atomic E-state index is 11.9. The van der Waals surface area contributed by atoms with E-state index in [0.717, 1.165) is 11.3 Å². The predicted molar refractivity (Wildman–Crippen MR) is 87.2 cm³/mol. The monoisotopic (exact) mass is 319 g/mol. The summed E-state index contributed by atoms with van der Waals surface area (Å²) in [7, 11) is 0. The van der Waals surface area contributed by atoms with Crippen molar-refractivity contribution in [3.63, 3.8) is 0 Å². The molecule has 0 unspecified atom stereocenters. The summed E-state index contributed by atoms with van der Waals surface area (Å²) >= 11 is 0. The molecule has 2 rings (SSSR count). The summed E-state index contributed by atoms with van der Waals surface area (Å²) in [4.78, 5) is 22.3. The molecule has 1 aromatic rings. The quantitative estimate of drug-likeness (QED) is 0.686. The first kappa shape index (κ1) is 17.3. The average Bonchev–Trinajstić information content (AvgIpc) is 3.03. The smallest absolute Gasteiger partial charge is 0.303 e. The Labute approximate surface area is 137 Å². The van der Waals surface area contributed by atoms with Crippen molar-refractivity contribution in [1.29, 1.82) is 0 Å². The molecule has 0 heterocycles. The first-order chi connectivity index (χ1) is 11.1. The van der Waals surface area contributed by atoms with Crippen LogP contribution in [-0.2, 0) is 16.1 Å². The molecule has 2 N–H and O–H groups in total. The number of nitrogens with one attached hydrogen (secondary N) is 1. The Bertz CT molecular complexity index is 506. The van der Waals surface area contributed by atoms with Gasteiger partial charge in [-0.3, -0.25) is 9.59 Å². The molecule has 0 bridgehead atoms. The minimum absolute atomic E-state index is 0.116. The molecule has 0 aliphatic heterocycles. The Hall–Kier alpha value is -2.04. The van der Waals surface area contributed by atoms with Crippen LogP contribution in [0.5, 0.6) is 5.75 Å². The number of rotatable bonds is 9. The van der Waals surface area contributed by atoms with Crippen molar-refractivity contribution >= 4 is 11.9 Å². The molecule has 23 heavy (non-hydrogen) atoms. The van der Waals surface area contributed by atoms with Crippen LogP contribution in [-0.4, -0.2) is 23.6 Å². The van der Waals surface area contributed by atoms with Gasteiger partial charge < -0.3 is 15.2 Å². The number of benzene rings is 1. The highest BCUT2D eigenvalue weighted by Gasteiger charge is 2.18. The van der Waals surface area contributed by atoms with E-state index in [4.69, 9.17) is 9.84 Å². The van der Waals surface area contributed by atoms with Gasteiger partial charge in [-0.2, -0.15) is 0 Å². The van der Waals surface area contributed by atoms with Crippen molar-refractivity contribution in [2.24, 2.45) is 5.92 Å². The van der Waals surface area contributed by atoms with Gasteiger partial charge in [-0.05, 0) is 42.9 Å². The largest absolute Gasteiger partial charge is 0.494 e. The third kappa shape index (κ3) is 6.72. The molecule has 1 fully saturated rings. The van der Waals surface area contributed by atoms with E-state index in [9.17, 15) is 9.59 Å². The predicted octanol–water partition coefficient (Wildman–Crippen LogP) is 3.13. The fourth-order valence-electron chi connectivity index (χ4n) is 2.87. The minimum Gasteiger partial charge on any atom is -0.494 e. The van der Waals surface area contributed by atoms with Crippen molar-refractivity contribution in [3.05, 3.63) is 29.8 Å². The second kappa shape index (κ2) is 9.18. The zero-order valence-electron chi connectivity index (χ0n) is 13.4. The van der Waals surface area contributed by atoms with E-state index in [1.807, 2.05) is 24.3 Å². The van der Waals surface area contributed by atoms with Crippen LogP contribution in [0.25, 0.3) is 0 Å². The molecule has 0 radical (unpaired) electrons. The van der Waals surface area contributed by atoms with Crippen LogP contribution >= 0.6 is 0 Å². The molecule has 0 aromatic heterocycles. The van der Waals surface area contributed by atoms with E-state index in [1.165, 1.54) is 25.7 Å². The molecule has 1 aliphatic carbocycles. The molecular weight excluding hydrogens is 294 g/mol. The Morgan fingerprint density at radius 1 is 1.17 bits per heavy atom. The highest BCUT2D eigenvalue weighted by molar-refractivity contribution is 5.76. The highest BCUT2D eigenvalue weighted by Crippen LogP contribution is 2.27. The van der Waals surface area contributed by atoms with Crippen molar-refractivity contribution in [3.8, 4) is 5.75 Å². The Kier molecular flexibility index (Phi) is 6.91. The van der Waals surface area contributed by atoms with Crippen LogP contribution in [0.4, 0.5) is 0 Å². The summed E-state index contributed by atoms with van der Waals surface area (Å²) in [5, 5.41) is 11.5. The van der Waals surface area contributed by atoms with Gasteiger partial charge in [0.15, 0.2) is 0 Å². The van der Waals surface area contributed by atoms with Gasteiger partial charge >= 0.3 is 5.97 Å². The van der Waals surface area contributed by atoms with Crippen molar-refractivity contribution in [1.82, 2.24) is 5.32 Å². The lowest BCUT2D eigenvalue weighted by Crippen LogP contribution is -2.24. The van der Waals surface area contributed by atoms with Crippen molar-refractivity contribution in [2.75, 3.05) is 6.61 Å². The maximum absolute atomic E-state index is 11.9. The second-order valence-electron chi connectivity index (χ2n) is 6.12. The van der Waals surface area contributed by atoms with Gasteiger partial charge in [-0.1, -0.05) is 25.0 Å². The lowest BCUT2D eigenvalue weighted by atomic mass is 10.0. The number of amides is 1. The molecule has 0 spiro atoms. The number of aliphatic carboxylic acids is 1. The van der Waals surface area contributed by atoms with Gasteiger partial charge in [-0.25, -0.2) is 0 Å². The van der Waals surface area contributed by atoms with Crippen molar-refractivity contribution in [2.45, 2.75) is 51.5 Å². The lowest BCUT2D eigenvalue weighted by molar-refractivity contribution is -0.137. The summed E-state index contributed by atoms with van der Waals surface area (Å²) in [5.74, 6) is 0.608. The normalized spacial score (nSPS) is 14.6. The molecule has 1 aliphatic rings. The first-order valence-electron chi connectivity index (χ1n) is 8.33. The summed E-state index contributed by atoms with van der Waals surface area (Å²) in [5.41, 5.74) is 1.03. The number of hydrogen-bond donors (Lipinski definition) is 2. The summed E-state index contributed by atoms with van der Waals surface area (Å²) in [6.07, 6.45) is 6.13. The molecule has 0 saturated heterocycles. The number of carboxylic acids is 1. The molecule has 1 amide bonds. The zero-order chi connectivity index (χ0) is 16.5. The molecular formula is C18H25NO4. The third-order valence-electron chi connectivity index (χ3n) is 4.17. The van der Waals surface area contributed by atoms with Crippen LogP contribution in [0.2, 0.25) is 0 Å². The van der Waals surface area contributed by atoms with Gasteiger partial charge in [0.05, 0.1) is 6.61 Å². The van der Waals surface area contributed by atoms with Crippen LogP contribution in [0.3, 0.4) is 0 Å². The van der Waals surface area contributed by atoms with Gasteiger partial charge in [0.1, 0.15) is 5.75 Å². The third-order valence-corrected chi connectivity index (χ3v) is 4.17. The standard InChI is InChI=1S/C18H25NO4/c20-17(12-14-4-1-2-5-14)19-13-15-7-9-16(10-8-15)23-11-3-6-18(21)22/h7-10,14H,1-6,11-13H2,(H,19,20)(H,21,22). The van der Waals surface area contributed by atoms with E-state index in [-0.39, 0.29) is 12.3 Å². The van der Waals surface area contributed by atoms with Gasteiger partial charge in [0.25, 0.3) is 0 Å². The van der Waals surface area contributed by atoms with Gasteiger partial charge in [0.2, 0.25) is 5.91 Å². The molecule has 1 aromatic carbocycles. The highest BCUT2D eigenvalue weighted by atomic mass is 16.5. The molecule has 126 valence electrons. The van der Waals surface area contributed by atoms with Crippen LogP contribution in [0.15, 0.2) is 24.3 Å². The van der Waals surface area contributed by atoms with Gasteiger partial charge in [-0.15, -0.1) is 0 Å². The summed E-state index contributed by atoms with van der Waals surface area (Å²) in [6.45, 7) is 0.925. The Morgan fingerprint density at radius 2 is 1.87 bits per heavy atom. The van der Waals surface area contributed by atoms with E-state index in [2.05, 4.69) is 5.32 Å². The average molecular weight is 319 g/mol. The van der Waals surface area contributed by atoms with E-state index < -0.39 is 5.97 Å². The SMILES string of the molecule is O=C(O)CCCOc1ccc(CNC(=O)CC2CCCC2)cc1. The lowest BCUT2D eigenvalue weighted by Gasteiger charge is -2.10. The number of carboxylic acid groups (broad SMARTS) is 1. The summed E-state index contributed by atoms with van der Waals surface area (Å²) < 4.78 is 5.47. The molecule has 1 saturated carbocycles. The maximum Gasteiger partial charge on any atom is 0.303 e. The second-order valence-corrected chi connectivity index (χ2v) is 6.12. The van der Waals surface area contributed by atoms with Crippen molar-refractivity contribution < 1.29 is 19.4 Å². The van der Waals surface area contributed by atoms with Gasteiger partial charge in [0, 0.05) is 19.4 Å². The first-order valence-corrected chi connectivity index (χ1v) is 8.33. The number of ether oxygens (including phenoxy) is 1. The van der Waals surface area contributed by atoms with E-state index in [0.29, 0.717) is 31.9 Å². The van der Waals surface area contributed by atoms with Crippen LogP contribution in [0.1, 0.15) is 50.5 Å². The zero-order valence-corrected chi connectivity index (χ0v) is 13.4. The van der Waals surface area contributed by atoms with E-state index in [1.54, 1.807) is 0 Å². The fraction of sp³-hybridized carbons (Fsp3) is 0.556. The molecule has 5 nitrogen and oxygen atoms in total. The topological polar surface area (TPSA) is 75.6 Å². The number of hydrogen-bond acceptors (Lipinski definition) is 3. The summed E-state index contributed by atoms with van der Waals surface area (Å²) in [6, 6.07) is 7.53. The molecule has 5 heteroatoms. The van der Waals surface area contributed by atoms with E-state index >= 15 is 0 Å². The molecule has 0 atom stereocenters. The Balaban J connectivity index is 1.65. The Morgan fingerprint density at radius 3 is 2.52 bits per heavy atom. The number of carbonyl (C=O) groups excluding carboxylic acids is 1. The van der Waals surface area contributed by atoms with Crippen LogP contribution in [0, 0.1) is 5.92 Å².